The normalized spacial score (nSPS) is 17.8. The van der Waals surface area contributed by atoms with Gasteiger partial charge in [-0.25, -0.2) is 0 Å². The van der Waals surface area contributed by atoms with E-state index in [9.17, 15) is 0 Å². The Hall–Kier alpha value is -2.07. The summed E-state index contributed by atoms with van der Waals surface area (Å²) in [7, 11) is 1.79. The third-order valence-electron chi connectivity index (χ3n) is 5.27. The number of fused-ring (bicyclic) bond motifs is 1. The van der Waals surface area contributed by atoms with Crippen molar-refractivity contribution in [2.24, 2.45) is 0 Å². The minimum atomic E-state index is 0.983. The summed E-state index contributed by atoms with van der Waals surface area (Å²) in [5.74, 6) is 1.06. The molecule has 0 bridgehead atoms. The first-order valence-corrected chi connectivity index (χ1v) is 8.89. The molecule has 0 N–H and O–H groups in total. The Balaban J connectivity index is 1.42. The largest absolute Gasteiger partial charge is 0.496 e. The van der Waals surface area contributed by atoms with Crippen molar-refractivity contribution >= 4 is 5.69 Å². The molecule has 2 aliphatic rings. The first kappa shape index (κ1) is 15.5. The van der Waals surface area contributed by atoms with Crippen LogP contribution < -0.4 is 9.64 Å². The summed E-state index contributed by atoms with van der Waals surface area (Å²) in [4.78, 5) is 9.18. The third-order valence-corrected chi connectivity index (χ3v) is 5.27. The van der Waals surface area contributed by atoms with Crippen molar-refractivity contribution in [2.75, 3.05) is 38.2 Å². The number of piperazine rings is 1. The van der Waals surface area contributed by atoms with E-state index in [0.29, 0.717) is 0 Å². The topological polar surface area (TPSA) is 28.6 Å². The number of methoxy groups -OCH3 is 1. The number of hydrogen-bond acceptors (Lipinski definition) is 4. The molecule has 4 nitrogen and oxygen atoms in total. The van der Waals surface area contributed by atoms with E-state index in [4.69, 9.17) is 4.74 Å². The summed E-state index contributed by atoms with van der Waals surface area (Å²) in [6, 6.07) is 8.81. The van der Waals surface area contributed by atoms with E-state index in [1.807, 2.05) is 18.5 Å². The maximum atomic E-state index is 5.66. The molecule has 1 saturated heterocycles. The standard InChI is InChI=1S/C20H25N3O/c1-24-20-13-17-5-2-4-16(17)12-18(20)15-22-8-10-23(11-9-22)19-6-3-7-21-14-19/h3,6-7,12-14H,2,4-5,8-11,15H2,1H3. The molecule has 0 amide bonds. The van der Waals surface area contributed by atoms with E-state index in [1.54, 1.807) is 7.11 Å². The zero-order chi connectivity index (χ0) is 16.4. The summed E-state index contributed by atoms with van der Waals surface area (Å²) in [6.45, 7) is 5.25. The maximum absolute atomic E-state index is 5.66. The zero-order valence-corrected chi connectivity index (χ0v) is 14.4. The Bertz CT molecular complexity index is 694. The highest BCUT2D eigenvalue weighted by atomic mass is 16.5. The van der Waals surface area contributed by atoms with Gasteiger partial charge < -0.3 is 9.64 Å². The van der Waals surface area contributed by atoms with E-state index in [1.165, 1.54) is 41.6 Å². The first-order valence-electron chi connectivity index (χ1n) is 8.89. The number of nitrogens with zero attached hydrogens (tertiary/aromatic N) is 3. The van der Waals surface area contributed by atoms with Gasteiger partial charge in [0.05, 0.1) is 19.0 Å². The summed E-state index contributed by atoms with van der Waals surface area (Å²) in [5.41, 5.74) is 5.58. The summed E-state index contributed by atoms with van der Waals surface area (Å²) < 4.78 is 5.66. The number of benzene rings is 1. The second-order valence-electron chi connectivity index (χ2n) is 6.76. The first-order chi connectivity index (χ1) is 11.8. The van der Waals surface area contributed by atoms with Crippen LogP contribution in [0.4, 0.5) is 5.69 Å². The van der Waals surface area contributed by atoms with Crippen molar-refractivity contribution in [1.82, 2.24) is 9.88 Å². The van der Waals surface area contributed by atoms with Gasteiger partial charge in [0.2, 0.25) is 0 Å². The molecule has 0 unspecified atom stereocenters. The van der Waals surface area contributed by atoms with Crippen molar-refractivity contribution in [3.8, 4) is 5.75 Å². The van der Waals surface area contributed by atoms with Crippen LogP contribution in [0.5, 0.6) is 5.75 Å². The number of ether oxygens (including phenoxy) is 1. The minimum absolute atomic E-state index is 0.983. The smallest absolute Gasteiger partial charge is 0.123 e. The average molecular weight is 323 g/mol. The summed E-state index contributed by atoms with van der Waals surface area (Å²) in [6.07, 6.45) is 7.50. The van der Waals surface area contributed by atoms with E-state index >= 15 is 0 Å². The molecule has 0 atom stereocenters. The molecule has 0 saturated carbocycles. The Morgan fingerprint density at radius 1 is 1.08 bits per heavy atom. The lowest BCUT2D eigenvalue weighted by molar-refractivity contribution is 0.246. The molecule has 0 spiro atoms. The van der Waals surface area contributed by atoms with Crippen LogP contribution in [0.25, 0.3) is 0 Å². The van der Waals surface area contributed by atoms with E-state index in [2.05, 4.69) is 33.0 Å². The number of pyridine rings is 1. The van der Waals surface area contributed by atoms with Crippen LogP contribution in [-0.2, 0) is 19.4 Å². The molecule has 126 valence electrons. The van der Waals surface area contributed by atoms with Crippen molar-refractivity contribution in [3.05, 3.63) is 53.3 Å². The van der Waals surface area contributed by atoms with Crippen LogP contribution in [0.15, 0.2) is 36.7 Å². The maximum Gasteiger partial charge on any atom is 0.123 e. The molecule has 2 aromatic rings. The molecule has 4 heteroatoms. The quantitative estimate of drug-likeness (QED) is 0.865. The average Bonchev–Trinajstić information content (AvgIpc) is 3.09. The van der Waals surface area contributed by atoms with Gasteiger partial charge in [0.25, 0.3) is 0 Å². The molecule has 1 fully saturated rings. The molecular weight excluding hydrogens is 298 g/mol. The molecular formula is C20H25N3O. The SMILES string of the molecule is COc1cc2c(cc1CN1CCN(c3cccnc3)CC1)CCC2. The fourth-order valence-electron chi connectivity index (χ4n) is 3.91. The van der Waals surface area contributed by atoms with Gasteiger partial charge in [-0.3, -0.25) is 9.88 Å². The van der Waals surface area contributed by atoms with Crippen LogP contribution in [0.2, 0.25) is 0 Å². The molecule has 0 radical (unpaired) electrons. The number of rotatable bonds is 4. The van der Waals surface area contributed by atoms with Crippen LogP contribution in [0.3, 0.4) is 0 Å². The lowest BCUT2D eigenvalue weighted by Gasteiger charge is -2.36. The Kier molecular flexibility index (Phi) is 4.39. The number of aryl methyl sites for hydroxylation is 2. The second kappa shape index (κ2) is 6.81. The lowest BCUT2D eigenvalue weighted by Crippen LogP contribution is -2.46. The highest BCUT2D eigenvalue weighted by Crippen LogP contribution is 2.31. The van der Waals surface area contributed by atoms with Crippen molar-refractivity contribution in [1.29, 1.82) is 0 Å². The van der Waals surface area contributed by atoms with Gasteiger partial charge in [-0.05, 0) is 48.6 Å². The van der Waals surface area contributed by atoms with Gasteiger partial charge in [0, 0.05) is 44.5 Å². The van der Waals surface area contributed by atoms with Crippen LogP contribution >= 0.6 is 0 Å². The highest BCUT2D eigenvalue weighted by Gasteiger charge is 2.20. The highest BCUT2D eigenvalue weighted by molar-refractivity contribution is 5.46. The molecule has 1 aromatic heterocycles. The van der Waals surface area contributed by atoms with Gasteiger partial charge in [-0.15, -0.1) is 0 Å². The fourth-order valence-corrected chi connectivity index (χ4v) is 3.91. The Morgan fingerprint density at radius 3 is 2.58 bits per heavy atom. The molecule has 2 heterocycles. The van der Waals surface area contributed by atoms with Crippen LogP contribution in [0.1, 0.15) is 23.1 Å². The zero-order valence-electron chi connectivity index (χ0n) is 14.4. The summed E-state index contributed by atoms with van der Waals surface area (Å²) in [5, 5.41) is 0. The van der Waals surface area contributed by atoms with Crippen molar-refractivity contribution < 1.29 is 4.74 Å². The van der Waals surface area contributed by atoms with Crippen molar-refractivity contribution in [3.63, 3.8) is 0 Å². The van der Waals surface area contributed by atoms with E-state index in [0.717, 1.165) is 38.5 Å². The lowest BCUT2D eigenvalue weighted by atomic mass is 10.0. The predicted molar refractivity (Wildman–Crippen MR) is 96.7 cm³/mol. The minimum Gasteiger partial charge on any atom is -0.496 e. The van der Waals surface area contributed by atoms with Gasteiger partial charge in [-0.1, -0.05) is 6.07 Å². The molecule has 24 heavy (non-hydrogen) atoms. The molecule has 1 aromatic carbocycles. The summed E-state index contributed by atoms with van der Waals surface area (Å²) >= 11 is 0. The number of aromatic nitrogens is 1. The second-order valence-corrected chi connectivity index (χ2v) is 6.76. The Morgan fingerprint density at radius 2 is 1.88 bits per heavy atom. The van der Waals surface area contributed by atoms with Crippen LogP contribution in [-0.4, -0.2) is 43.2 Å². The van der Waals surface area contributed by atoms with Crippen molar-refractivity contribution in [2.45, 2.75) is 25.8 Å². The monoisotopic (exact) mass is 323 g/mol. The molecule has 1 aliphatic carbocycles. The van der Waals surface area contributed by atoms with E-state index < -0.39 is 0 Å². The molecule has 1 aliphatic heterocycles. The number of hydrogen-bond donors (Lipinski definition) is 0. The van der Waals surface area contributed by atoms with Crippen LogP contribution in [0, 0.1) is 0 Å². The van der Waals surface area contributed by atoms with E-state index in [-0.39, 0.29) is 0 Å². The predicted octanol–water partition coefficient (Wildman–Crippen LogP) is 2.90. The number of anilines is 1. The van der Waals surface area contributed by atoms with Gasteiger partial charge in [-0.2, -0.15) is 0 Å². The third kappa shape index (κ3) is 3.11. The molecule has 4 rings (SSSR count). The van der Waals surface area contributed by atoms with Gasteiger partial charge in [0.15, 0.2) is 0 Å². The van der Waals surface area contributed by atoms with Gasteiger partial charge >= 0.3 is 0 Å². The fraction of sp³-hybridized carbons (Fsp3) is 0.450. The Labute approximate surface area is 144 Å². The van der Waals surface area contributed by atoms with Gasteiger partial charge in [0.1, 0.15) is 5.75 Å².